The normalized spacial score (nSPS) is 17.0. The third kappa shape index (κ3) is 4.17. The predicted octanol–water partition coefficient (Wildman–Crippen LogP) is 4.23. The number of non-ortho nitro benzene ring substituents is 1. The van der Waals surface area contributed by atoms with Gasteiger partial charge in [0.2, 0.25) is 0 Å². The molecule has 1 heterocycles. The van der Waals surface area contributed by atoms with E-state index in [-0.39, 0.29) is 11.6 Å². The van der Waals surface area contributed by atoms with E-state index in [4.69, 9.17) is 4.74 Å². The van der Waals surface area contributed by atoms with E-state index >= 15 is 0 Å². The van der Waals surface area contributed by atoms with Gasteiger partial charge < -0.3 is 4.74 Å². The topological polar surface area (TPSA) is 85.0 Å². The van der Waals surface area contributed by atoms with Crippen molar-refractivity contribution in [2.24, 2.45) is 4.99 Å². The molecule has 0 aromatic heterocycles. The van der Waals surface area contributed by atoms with E-state index in [9.17, 15) is 14.9 Å². The highest BCUT2D eigenvalue weighted by molar-refractivity contribution is 8.18. The highest BCUT2D eigenvalue weighted by Crippen LogP contribution is 2.34. The number of nitrogens with zero attached hydrogens (tertiary/aromatic N) is 3. The van der Waals surface area contributed by atoms with Crippen molar-refractivity contribution < 1.29 is 14.5 Å². The van der Waals surface area contributed by atoms with Gasteiger partial charge in [-0.2, -0.15) is 0 Å². The molecule has 0 bridgehead atoms. The molecule has 1 amide bonds. The highest BCUT2D eigenvalue weighted by atomic mass is 32.2. The zero-order valence-corrected chi connectivity index (χ0v) is 15.6. The Kier molecular flexibility index (Phi) is 5.56. The van der Waals surface area contributed by atoms with Gasteiger partial charge in [-0.3, -0.25) is 19.8 Å². The van der Waals surface area contributed by atoms with E-state index in [0.717, 1.165) is 5.75 Å². The predicted molar refractivity (Wildman–Crippen MR) is 106 cm³/mol. The lowest BCUT2D eigenvalue weighted by atomic mass is 10.2. The molecule has 7 nitrogen and oxygen atoms in total. The maximum Gasteiger partial charge on any atom is 0.270 e. The smallest absolute Gasteiger partial charge is 0.270 e. The summed E-state index contributed by atoms with van der Waals surface area (Å²) < 4.78 is 5.13. The van der Waals surface area contributed by atoms with E-state index in [1.54, 1.807) is 42.4 Å². The fourth-order valence-corrected chi connectivity index (χ4v) is 3.58. The van der Waals surface area contributed by atoms with Gasteiger partial charge in [0, 0.05) is 18.7 Å². The Bertz CT molecular complexity index is 938. The van der Waals surface area contributed by atoms with Crippen LogP contribution in [0.1, 0.15) is 12.5 Å². The summed E-state index contributed by atoms with van der Waals surface area (Å²) in [6, 6.07) is 13.4. The van der Waals surface area contributed by atoms with Gasteiger partial charge in [-0.15, -0.1) is 0 Å². The number of amidine groups is 1. The van der Waals surface area contributed by atoms with Crippen LogP contribution in [0.3, 0.4) is 0 Å². The number of nitro groups is 1. The Morgan fingerprint density at radius 3 is 2.63 bits per heavy atom. The molecule has 1 fully saturated rings. The molecule has 8 heteroatoms. The molecule has 0 unspecified atom stereocenters. The van der Waals surface area contributed by atoms with Crippen LogP contribution in [0.15, 0.2) is 58.4 Å². The molecule has 1 aliphatic rings. The van der Waals surface area contributed by atoms with Crippen LogP contribution in [0.2, 0.25) is 0 Å². The van der Waals surface area contributed by atoms with Crippen molar-refractivity contribution in [2.45, 2.75) is 6.92 Å². The number of likely N-dealkylation sites (N-methyl/N-ethyl adjacent to an activating group) is 1. The molecule has 1 saturated heterocycles. The molecule has 0 atom stereocenters. The van der Waals surface area contributed by atoms with Gasteiger partial charge in [0.15, 0.2) is 5.17 Å². The number of nitro benzene ring substituents is 1. The van der Waals surface area contributed by atoms with Crippen molar-refractivity contribution in [1.82, 2.24) is 4.90 Å². The molecule has 0 radical (unpaired) electrons. The van der Waals surface area contributed by atoms with Gasteiger partial charge in [0.25, 0.3) is 11.6 Å². The minimum absolute atomic E-state index is 0.0146. The number of rotatable bonds is 5. The summed E-state index contributed by atoms with van der Waals surface area (Å²) in [5, 5.41) is 11.5. The first-order valence-electron chi connectivity index (χ1n) is 8.20. The summed E-state index contributed by atoms with van der Waals surface area (Å²) in [6.45, 7) is 2.35. The number of carbonyl (C=O) groups is 1. The Balaban J connectivity index is 1.90. The largest absolute Gasteiger partial charge is 0.497 e. The lowest BCUT2D eigenvalue weighted by molar-refractivity contribution is -0.384. The molecule has 138 valence electrons. The Labute approximate surface area is 160 Å². The molecule has 2 aromatic rings. The van der Waals surface area contributed by atoms with E-state index in [0.29, 0.717) is 27.9 Å². The number of methoxy groups -OCH3 is 1. The zero-order valence-electron chi connectivity index (χ0n) is 14.8. The molecule has 0 N–H and O–H groups in total. The lowest BCUT2D eigenvalue weighted by Gasteiger charge is -2.12. The summed E-state index contributed by atoms with van der Waals surface area (Å²) in [6.07, 6.45) is 1.65. The van der Waals surface area contributed by atoms with Crippen LogP contribution < -0.4 is 4.74 Å². The number of hydrogen-bond acceptors (Lipinski definition) is 6. The average Bonchev–Trinajstić information content (AvgIpc) is 2.96. The molecule has 27 heavy (non-hydrogen) atoms. The van der Waals surface area contributed by atoms with Gasteiger partial charge in [-0.1, -0.05) is 12.1 Å². The molecule has 0 saturated carbocycles. The van der Waals surface area contributed by atoms with Crippen molar-refractivity contribution in [3.63, 3.8) is 0 Å². The summed E-state index contributed by atoms with van der Waals surface area (Å²) in [5.74, 6) is 0.564. The van der Waals surface area contributed by atoms with Crippen LogP contribution in [-0.2, 0) is 4.79 Å². The number of thioether (sulfide) groups is 1. The third-order valence-electron chi connectivity index (χ3n) is 3.88. The fourth-order valence-electron chi connectivity index (χ4n) is 2.52. The standard InChI is InChI=1S/C19H17N3O4S/c1-3-21-18(23)17(12-13-5-4-6-15(11-13)22(24)25)27-19(21)20-14-7-9-16(26-2)10-8-14/h4-12H,3H2,1-2H3/b17-12+,20-19?. The molecule has 0 spiro atoms. The lowest BCUT2D eigenvalue weighted by Crippen LogP contribution is -2.28. The molecular weight excluding hydrogens is 366 g/mol. The minimum Gasteiger partial charge on any atom is -0.497 e. The zero-order chi connectivity index (χ0) is 19.4. The van der Waals surface area contributed by atoms with Gasteiger partial charge in [-0.25, -0.2) is 4.99 Å². The second-order valence-corrected chi connectivity index (χ2v) is 6.61. The van der Waals surface area contributed by atoms with Crippen molar-refractivity contribution >= 4 is 40.3 Å². The van der Waals surface area contributed by atoms with E-state index in [1.807, 2.05) is 19.1 Å². The average molecular weight is 383 g/mol. The first-order valence-corrected chi connectivity index (χ1v) is 9.02. The number of carbonyl (C=O) groups excluding carboxylic acids is 1. The van der Waals surface area contributed by atoms with E-state index < -0.39 is 4.92 Å². The van der Waals surface area contributed by atoms with Crippen molar-refractivity contribution in [1.29, 1.82) is 0 Å². The Hall–Kier alpha value is -3.13. The van der Waals surface area contributed by atoms with Gasteiger partial charge >= 0.3 is 0 Å². The van der Waals surface area contributed by atoms with Crippen molar-refractivity contribution in [2.75, 3.05) is 13.7 Å². The maximum atomic E-state index is 12.7. The van der Waals surface area contributed by atoms with Crippen LogP contribution in [0.4, 0.5) is 11.4 Å². The van der Waals surface area contributed by atoms with Gasteiger partial charge in [0.05, 0.1) is 22.6 Å². The van der Waals surface area contributed by atoms with Gasteiger partial charge in [0.1, 0.15) is 5.75 Å². The monoisotopic (exact) mass is 383 g/mol. The Morgan fingerprint density at radius 2 is 2.00 bits per heavy atom. The molecule has 1 aliphatic heterocycles. The fraction of sp³-hybridized carbons (Fsp3) is 0.158. The SMILES string of the molecule is CCN1C(=O)/C(=C\c2cccc([N+](=O)[O-])c2)SC1=Nc1ccc(OC)cc1. The molecule has 2 aromatic carbocycles. The van der Waals surface area contributed by atoms with Crippen LogP contribution in [0.5, 0.6) is 5.75 Å². The number of benzene rings is 2. The van der Waals surface area contributed by atoms with Gasteiger partial charge in [-0.05, 0) is 54.6 Å². The van der Waals surface area contributed by atoms with E-state index in [1.165, 1.54) is 23.9 Å². The van der Waals surface area contributed by atoms with Crippen LogP contribution >= 0.6 is 11.8 Å². The van der Waals surface area contributed by atoms with E-state index in [2.05, 4.69) is 4.99 Å². The number of aliphatic imine (C=N–C) groups is 1. The quantitative estimate of drug-likeness (QED) is 0.438. The van der Waals surface area contributed by atoms with Crippen LogP contribution in [0, 0.1) is 10.1 Å². The highest BCUT2D eigenvalue weighted by Gasteiger charge is 2.32. The van der Waals surface area contributed by atoms with Crippen LogP contribution in [-0.4, -0.2) is 34.6 Å². The Morgan fingerprint density at radius 1 is 1.26 bits per heavy atom. The molecular formula is C19H17N3O4S. The first kappa shape index (κ1) is 18.7. The third-order valence-corrected chi connectivity index (χ3v) is 4.89. The minimum atomic E-state index is -0.458. The van der Waals surface area contributed by atoms with Crippen LogP contribution in [0.25, 0.3) is 6.08 Å². The number of hydrogen-bond donors (Lipinski definition) is 0. The maximum absolute atomic E-state index is 12.7. The summed E-state index contributed by atoms with van der Waals surface area (Å²) in [7, 11) is 1.59. The second-order valence-electron chi connectivity index (χ2n) is 5.60. The summed E-state index contributed by atoms with van der Waals surface area (Å²) in [4.78, 5) is 29.7. The summed E-state index contributed by atoms with van der Waals surface area (Å²) >= 11 is 1.25. The summed E-state index contributed by atoms with van der Waals surface area (Å²) in [5.41, 5.74) is 1.29. The number of amides is 1. The first-order chi connectivity index (χ1) is 13.0. The van der Waals surface area contributed by atoms with Crippen molar-refractivity contribution in [3.8, 4) is 5.75 Å². The molecule has 3 rings (SSSR count). The number of ether oxygens (including phenoxy) is 1. The second kappa shape index (κ2) is 8.05. The molecule has 0 aliphatic carbocycles. The van der Waals surface area contributed by atoms with Crippen molar-refractivity contribution in [3.05, 3.63) is 69.1 Å².